The maximum atomic E-state index is 12.6. The van der Waals surface area contributed by atoms with Crippen LogP contribution in [0.3, 0.4) is 0 Å². The van der Waals surface area contributed by atoms with Gasteiger partial charge in [-0.3, -0.25) is 4.79 Å². The summed E-state index contributed by atoms with van der Waals surface area (Å²) < 4.78 is 0. The highest BCUT2D eigenvalue weighted by Crippen LogP contribution is 2.36. The van der Waals surface area contributed by atoms with Crippen molar-refractivity contribution in [1.29, 1.82) is 0 Å². The van der Waals surface area contributed by atoms with E-state index in [0.717, 1.165) is 37.9 Å². The van der Waals surface area contributed by atoms with Crippen LogP contribution >= 0.6 is 23.7 Å². The molecule has 2 N–H and O–H groups in total. The minimum absolute atomic E-state index is 0. The third-order valence-corrected chi connectivity index (χ3v) is 5.45. The number of thiophene rings is 1. The second-order valence-electron chi connectivity index (χ2n) is 5.78. The number of hydrogen-bond acceptors (Lipinski definition) is 3. The van der Waals surface area contributed by atoms with Crippen LogP contribution in [-0.2, 0) is 17.6 Å². The zero-order chi connectivity index (χ0) is 14.2. The average Bonchev–Trinajstić information content (AvgIpc) is 3.14. The van der Waals surface area contributed by atoms with Crippen LogP contribution in [0.4, 0.5) is 11.4 Å². The van der Waals surface area contributed by atoms with Gasteiger partial charge in [0.15, 0.2) is 0 Å². The van der Waals surface area contributed by atoms with Crippen LogP contribution in [0.2, 0.25) is 0 Å². The number of benzene rings is 1. The molecule has 2 heterocycles. The Kier molecular flexibility index (Phi) is 4.41. The van der Waals surface area contributed by atoms with Gasteiger partial charge in [-0.25, -0.2) is 0 Å². The van der Waals surface area contributed by atoms with E-state index in [1.807, 2.05) is 6.07 Å². The van der Waals surface area contributed by atoms with Crippen LogP contribution in [0.5, 0.6) is 0 Å². The molecule has 116 valence electrons. The molecule has 1 aliphatic carbocycles. The Morgan fingerprint density at radius 1 is 1.27 bits per heavy atom. The third-order valence-electron chi connectivity index (χ3n) is 4.45. The van der Waals surface area contributed by atoms with Gasteiger partial charge in [0.25, 0.3) is 0 Å². The Bertz CT molecular complexity index is 698. The van der Waals surface area contributed by atoms with Crippen molar-refractivity contribution in [1.82, 2.24) is 0 Å². The summed E-state index contributed by atoms with van der Waals surface area (Å²) in [5, 5.41) is 8.56. The van der Waals surface area contributed by atoms with E-state index in [4.69, 9.17) is 0 Å². The first kappa shape index (κ1) is 15.4. The van der Waals surface area contributed by atoms with Gasteiger partial charge in [-0.15, -0.1) is 23.7 Å². The first-order chi connectivity index (χ1) is 10.3. The average molecular weight is 335 g/mol. The monoisotopic (exact) mass is 334 g/mol. The van der Waals surface area contributed by atoms with Crippen molar-refractivity contribution < 1.29 is 4.79 Å². The lowest BCUT2D eigenvalue weighted by Gasteiger charge is -2.22. The van der Waals surface area contributed by atoms with E-state index in [-0.39, 0.29) is 24.2 Å². The van der Waals surface area contributed by atoms with Gasteiger partial charge in [-0.1, -0.05) is 0 Å². The van der Waals surface area contributed by atoms with Crippen molar-refractivity contribution >= 4 is 41.0 Å². The Hall–Kier alpha value is -1.52. The molecule has 4 rings (SSSR count). The molecular weight excluding hydrogens is 316 g/mol. The van der Waals surface area contributed by atoms with E-state index >= 15 is 0 Å². The van der Waals surface area contributed by atoms with Gasteiger partial charge < -0.3 is 10.6 Å². The molecule has 0 fully saturated rings. The van der Waals surface area contributed by atoms with Gasteiger partial charge in [0, 0.05) is 22.8 Å². The first-order valence-electron chi connectivity index (χ1n) is 7.55. The molecule has 1 atom stereocenters. The predicted molar refractivity (Wildman–Crippen MR) is 94.5 cm³/mol. The fourth-order valence-electron chi connectivity index (χ4n) is 3.37. The number of halogens is 1. The van der Waals surface area contributed by atoms with Gasteiger partial charge in [0.2, 0.25) is 5.91 Å². The van der Waals surface area contributed by atoms with Crippen molar-refractivity contribution in [3.8, 4) is 0 Å². The van der Waals surface area contributed by atoms with E-state index in [9.17, 15) is 4.79 Å². The summed E-state index contributed by atoms with van der Waals surface area (Å²) in [6, 6.07) is 8.28. The van der Waals surface area contributed by atoms with Crippen LogP contribution in [0, 0.1) is 0 Å². The van der Waals surface area contributed by atoms with E-state index in [0.29, 0.717) is 0 Å². The summed E-state index contributed by atoms with van der Waals surface area (Å²) in [7, 11) is 0. The number of amides is 1. The highest BCUT2D eigenvalue weighted by Gasteiger charge is 2.27. The molecule has 1 amide bonds. The normalized spacial score (nSPS) is 18.6. The molecule has 2 aliphatic rings. The Labute approximate surface area is 140 Å². The molecule has 22 heavy (non-hydrogen) atoms. The molecular formula is C17H19ClN2OS. The number of fused-ring (bicyclic) bond motifs is 2. The fraction of sp³-hybridized carbons (Fsp3) is 0.353. The lowest BCUT2D eigenvalue weighted by Crippen LogP contribution is -2.23. The van der Waals surface area contributed by atoms with Crippen molar-refractivity contribution in [2.45, 2.75) is 31.6 Å². The van der Waals surface area contributed by atoms with Gasteiger partial charge in [-0.2, -0.15) is 0 Å². The van der Waals surface area contributed by atoms with E-state index in [2.05, 4.69) is 34.2 Å². The van der Waals surface area contributed by atoms with Crippen molar-refractivity contribution in [2.24, 2.45) is 0 Å². The lowest BCUT2D eigenvalue weighted by molar-refractivity contribution is -0.117. The van der Waals surface area contributed by atoms with Crippen LogP contribution in [0.15, 0.2) is 29.6 Å². The Morgan fingerprint density at radius 2 is 2.18 bits per heavy atom. The molecule has 0 saturated heterocycles. The summed E-state index contributed by atoms with van der Waals surface area (Å²) in [6.45, 7) is 0.994. The molecule has 1 aromatic carbocycles. The molecule has 3 nitrogen and oxygen atoms in total. The zero-order valence-corrected chi connectivity index (χ0v) is 13.9. The number of carbonyl (C=O) groups is 1. The fourth-order valence-corrected chi connectivity index (χ4v) is 4.36. The number of nitrogens with one attached hydrogen (secondary N) is 2. The Balaban J connectivity index is 0.00000144. The number of hydrogen-bond donors (Lipinski definition) is 2. The van der Waals surface area contributed by atoms with Gasteiger partial charge in [-0.05, 0) is 66.5 Å². The highest BCUT2D eigenvalue weighted by molar-refractivity contribution is 7.10. The topological polar surface area (TPSA) is 41.1 Å². The SMILES string of the molecule is Cl.O=C(Nc1ccc2c(c1)CCN2)C1CCCc2sccc21. The molecule has 2 aromatic rings. The summed E-state index contributed by atoms with van der Waals surface area (Å²) in [5.74, 6) is 0.159. The van der Waals surface area contributed by atoms with Gasteiger partial charge in [0.05, 0.1) is 5.92 Å². The first-order valence-corrected chi connectivity index (χ1v) is 8.43. The largest absolute Gasteiger partial charge is 0.384 e. The van der Waals surface area contributed by atoms with Gasteiger partial charge in [0.1, 0.15) is 0 Å². The van der Waals surface area contributed by atoms with E-state index in [1.165, 1.54) is 21.7 Å². The second kappa shape index (κ2) is 6.31. The third kappa shape index (κ3) is 2.73. The number of carbonyl (C=O) groups excluding carboxylic acids is 1. The maximum Gasteiger partial charge on any atom is 0.231 e. The Morgan fingerprint density at radius 3 is 3.09 bits per heavy atom. The molecule has 0 saturated carbocycles. The number of rotatable bonds is 2. The standard InChI is InChI=1S/C17H18N2OS.ClH/c20-17(14-2-1-3-16-13(14)7-9-21-16)19-12-4-5-15-11(10-12)6-8-18-15;/h4-5,7,9-10,14,18H,1-3,6,8H2,(H,19,20);1H. The molecule has 5 heteroatoms. The summed E-state index contributed by atoms with van der Waals surface area (Å²) in [4.78, 5) is 14.0. The summed E-state index contributed by atoms with van der Waals surface area (Å²) in [6.07, 6.45) is 4.24. The van der Waals surface area contributed by atoms with E-state index in [1.54, 1.807) is 11.3 Å². The predicted octanol–water partition coefficient (Wildman–Crippen LogP) is 4.20. The number of aryl methyl sites for hydroxylation is 1. The minimum atomic E-state index is 0. The van der Waals surface area contributed by atoms with Crippen molar-refractivity contribution in [3.63, 3.8) is 0 Å². The molecule has 0 radical (unpaired) electrons. The van der Waals surface area contributed by atoms with Crippen LogP contribution in [0.25, 0.3) is 0 Å². The minimum Gasteiger partial charge on any atom is -0.384 e. The molecule has 1 unspecified atom stereocenters. The smallest absolute Gasteiger partial charge is 0.231 e. The quantitative estimate of drug-likeness (QED) is 0.864. The molecule has 0 spiro atoms. The summed E-state index contributed by atoms with van der Waals surface area (Å²) in [5.41, 5.74) is 4.66. The lowest BCUT2D eigenvalue weighted by atomic mass is 9.87. The van der Waals surface area contributed by atoms with Crippen LogP contribution < -0.4 is 10.6 Å². The van der Waals surface area contributed by atoms with Crippen molar-refractivity contribution in [2.75, 3.05) is 17.2 Å². The van der Waals surface area contributed by atoms with Crippen LogP contribution in [0.1, 0.15) is 34.8 Å². The maximum absolute atomic E-state index is 12.6. The van der Waals surface area contributed by atoms with Gasteiger partial charge >= 0.3 is 0 Å². The van der Waals surface area contributed by atoms with Crippen molar-refractivity contribution in [3.05, 3.63) is 45.6 Å². The van der Waals surface area contributed by atoms with Crippen LogP contribution in [-0.4, -0.2) is 12.5 Å². The summed E-state index contributed by atoms with van der Waals surface area (Å²) >= 11 is 1.78. The second-order valence-corrected chi connectivity index (χ2v) is 6.78. The van der Waals surface area contributed by atoms with E-state index < -0.39 is 0 Å². The number of anilines is 2. The molecule has 1 aromatic heterocycles. The molecule has 0 bridgehead atoms. The zero-order valence-electron chi connectivity index (χ0n) is 12.2. The molecule has 1 aliphatic heterocycles. The highest BCUT2D eigenvalue weighted by atomic mass is 35.5.